The van der Waals surface area contributed by atoms with Gasteiger partial charge in [0.15, 0.2) is 11.6 Å². The van der Waals surface area contributed by atoms with E-state index in [-0.39, 0.29) is 17.7 Å². The molecule has 0 saturated heterocycles. The van der Waals surface area contributed by atoms with E-state index in [1.807, 2.05) is 31.2 Å². The summed E-state index contributed by atoms with van der Waals surface area (Å²) in [5.74, 6) is -0.126. The normalized spacial score (nSPS) is 12.2. The minimum atomic E-state index is -0.375. The number of halogens is 2. The summed E-state index contributed by atoms with van der Waals surface area (Å²) in [7, 11) is 0. The van der Waals surface area contributed by atoms with Crippen LogP contribution in [-0.4, -0.2) is 4.98 Å². The van der Waals surface area contributed by atoms with Gasteiger partial charge < -0.3 is 11.1 Å². The first kappa shape index (κ1) is 14.0. The molecule has 0 radical (unpaired) electrons. The standard InChI is InChI=1S/C14H15BrFN3/c1-9(11-4-2-10(7-17)3-5-11)19-14-13(16)6-12(15)8-18-14/h2-6,8-9H,7,17H2,1H3,(H,18,19). The maximum Gasteiger partial charge on any atom is 0.166 e. The molecule has 1 unspecified atom stereocenters. The third kappa shape index (κ3) is 3.52. The molecule has 1 heterocycles. The van der Waals surface area contributed by atoms with Crippen molar-refractivity contribution in [1.82, 2.24) is 4.98 Å². The van der Waals surface area contributed by atoms with Gasteiger partial charge in [0.05, 0.1) is 6.04 Å². The average molecular weight is 324 g/mol. The molecule has 1 atom stereocenters. The molecule has 1 aromatic heterocycles. The summed E-state index contributed by atoms with van der Waals surface area (Å²) in [6, 6.07) is 9.26. The molecule has 2 aromatic rings. The van der Waals surface area contributed by atoms with Gasteiger partial charge in [0, 0.05) is 17.2 Å². The molecule has 0 amide bonds. The highest BCUT2D eigenvalue weighted by molar-refractivity contribution is 9.10. The molecular weight excluding hydrogens is 309 g/mol. The summed E-state index contributed by atoms with van der Waals surface area (Å²) in [6.07, 6.45) is 1.57. The van der Waals surface area contributed by atoms with Crippen molar-refractivity contribution in [2.45, 2.75) is 19.5 Å². The zero-order valence-corrected chi connectivity index (χ0v) is 12.1. The fraction of sp³-hybridized carbons (Fsp3) is 0.214. The SMILES string of the molecule is CC(Nc1ncc(Br)cc1F)c1ccc(CN)cc1. The van der Waals surface area contributed by atoms with E-state index in [2.05, 4.69) is 26.2 Å². The quantitative estimate of drug-likeness (QED) is 0.903. The summed E-state index contributed by atoms with van der Waals surface area (Å²) in [5.41, 5.74) is 7.68. The van der Waals surface area contributed by atoms with Crippen LogP contribution in [0.3, 0.4) is 0 Å². The van der Waals surface area contributed by atoms with E-state index in [4.69, 9.17) is 5.73 Å². The second kappa shape index (κ2) is 6.12. The van der Waals surface area contributed by atoms with Crippen molar-refractivity contribution in [2.24, 2.45) is 5.73 Å². The molecule has 0 aliphatic heterocycles. The Morgan fingerprint density at radius 1 is 1.37 bits per heavy atom. The number of benzene rings is 1. The molecule has 1 aromatic carbocycles. The van der Waals surface area contributed by atoms with Crippen LogP contribution in [0.2, 0.25) is 0 Å². The smallest absolute Gasteiger partial charge is 0.166 e. The largest absolute Gasteiger partial charge is 0.361 e. The summed E-state index contributed by atoms with van der Waals surface area (Å²) in [5, 5.41) is 3.05. The van der Waals surface area contributed by atoms with Crippen molar-refractivity contribution in [1.29, 1.82) is 0 Å². The van der Waals surface area contributed by atoms with Gasteiger partial charge in [-0.2, -0.15) is 0 Å². The van der Waals surface area contributed by atoms with E-state index in [0.717, 1.165) is 11.1 Å². The predicted molar refractivity (Wildman–Crippen MR) is 78.3 cm³/mol. The minimum absolute atomic E-state index is 0.0324. The number of pyridine rings is 1. The molecule has 0 bridgehead atoms. The van der Waals surface area contributed by atoms with Gasteiger partial charge in [0.25, 0.3) is 0 Å². The Balaban J connectivity index is 2.13. The molecule has 2 rings (SSSR count). The zero-order valence-electron chi connectivity index (χ0n) is 10.5. The van der Waals surface area contributed by atoms with Crippen LogP contribution in [0.5, 0.6) is 0 Å². The number of hydrogen-bond acceptors (Lipinski definition) is 3. The van der Waals surface area contributed by atoms with E-state index in [1.54, 1.807) is 6.20 Å². The lowest BCUT2D eigenvalue weighted by Crippen LogP contribution is -2.09. The molecular formula is C14H15BrFN3. The molecule has 0 aliphatic rings. The van der Waals surface area contributed by atoms with E-state index in [0.29, 0.717) is 11.0 Å². The van der Waals surface area contributed by atoms with E-state index >= 15 is 0 Å². The third-order valence-corrected chi connectivity index (χ3v) is 3.31. The van der Waals surface area contributed by atoms with Gasteiger partial charge >= 0.3 is 0 Å². The van der Waals surface area contributed by atoms with Crippen LogP contribution >= 0.6 is 15.9 Å². The number of aromatic nitrogens is 1. The third-order valence-electron chi connectivity index (χ3n) is 2.88. The topological polar surface area (TPSA) is 50.9 Å². The summed E-state index contributed by atoms with van der Waals surface area (Å²) in [6.45, 7) is 2.48. The Kier molecular flexibility index (Phi) is 4.50. The van der Waals surface area contributed by atoms with Crippen LogP contribution in [0.15, 0.2) is 41.0 Å². The molecule has 0 saturated carbocycles. The highest BCUT2D eigenvalue weighted by Gasteiger charge is 2.10. The van der Waals surface area contributed by atoms with Crippen molar-refractivity contribution in [3.8, 4) is 0 Å². The molecule has 19 heavy (non-hydrogen) atoms. The molecule has 3 nitrogen and oxygen atoms in total. The molecule has 0 spiro atoms. The van der Waals surface area contributed by atoms with Crippen molar-refractivity contribution >= 4 is 21.7 Å². The Labute approximate surface area is 120 Å². The second-order valence-corrected chi connectivity index (χ2v) is 5.21. The van der Waals surface area contributed by atoms with Crippen LogP contribution in [0.25, 0.3) is 0 Å². The van der Waals surface area contributed by atoms with Gasteiger partial charge in [0.2, 0.25) is 0 Å². The van der Waals surface area contributed by atoms with Gasteiger partial charge in [-0.3, -0.25) is 0 Å². The first-order valence-corrected chi connectivity index (χ1v) is 6.76. The summed E-state index contributed by atoms with van der Waals surface area (Å²) < 4.78 is 14.3. The number of anilines is 1. The molecule has 5 heteroatoms. The van der Waals surface area contributed by atoms with Crippen LogP contribution < -0.4 is 11.1 Å². The molecule has 100 valence electrons. The predicted octanol–water partition coefficient (Wildman–Crippen LogP) is 3.62. The van der Waals surface area contributed by atoms with Crippen LogP contribution in [0.4, 0.5) is 10.2 Å². The van der Waals surface area contributed by atoms with Crippen LogP contribution in [-0.2, 0) is 6.54 Å². The highest BCUT2D eigenvalue weighted by atomic mass is 79.9. The lowest BCUT2D eigenvalue weighted by Gasteiger charge is -2.15. The van der Waals surface area contributed by atoms with Gasteiger partial charge in [0.1, 0.15) is 0 Å². The van der Waals surface area contributed by atoms with Gasteiger partial charge in [-0.25, -0.2) is 9.37 Å². The zero-order chi connectivity index (χ0) is 13.8. The van der Waals surface area contributed by atoms with Crippen molar-refractivity contribution in [3.05, 3.63) is 57.9 Å². The number of hydrogen-bond donors (Lipinski definition) is 2. The summed E-state index contributed by atoms with van der Waals surface area (Å²) >= 11 is 3.18. The van der Waals surface area contributed by atoms with Crippen LogP contribution in [0.1, 0.15) is 24.1 Å². The molecule has 0 aliphatic carbocycles. The lowest BCUT2D eigenvalue weighted by atomic mass is 10.1. The van der Waals surface area contributed by atoms with Gasteiger partial charge in [-0.1, -0.05) is 24.3 Å². The average Bonchev–Trinajstić information content (AvgIpc) is 2.42. The Bertz CT molecular complexity index is 557. The summed E-state index contributed by atoms with van der Waals surface area (Å²) in [4.78, 5) is 4.02. The van der Waals surface area contributed by atoms with Crippen LogP contribution in [0, 0.1) is 5.82 Å². The number of rotatable bonds is 4. The second-order valence-electron chi connectivity index (χ2n) is 4.30. The Hall–Kier alpha value is -1.46. The number of nitrogens with two attached hydrogens (primary N) is 1. The van der Waals surface area contributed by atoms with Gasteiger partial charge in [-0.15, -0.1) is 0 Å². The monoisotopic (exact) mass is 323 g/mol. The maximum absolute atomic E-state index is 13.7. The Morgan fingerprint density at radius 3 is 2.63 bits per heavy atom. The molecule has 3 N–H and O–H groups in total. The van der Waals surface area contributed by atoms with Crippen molar-refractivity contribution in [3.63, 3.8) is 0 Å². The minimum Gasteiger partial charge on any atom is -0.361 e. The Morgan fingerprint density at radius 2 is 2.05 bits per heavy atom. The first-order valence-electron chi connectivity index (χ1n) is 5.96. The lowest BCUT2D eigenvalue weighted by molar-refractivity contribution is 0.620. The van der Waals surface area contributed by atoms with Crippen molar-refractivity contribution < 1.29 is 4.39 Å². The van der Waals surface area contributed by atoms with Gasteiger partial charge in [-0.05, 0) is 40.0 Å². The fourth-order valence-electron chi connectivity index (χ4n) is 1.75. The number of nitrogens with one attached hydrogen (secondary N) is 1. The fourth-order valence-corrected chi connectivity index (χ4v) is 2.05. The maximum atomic E-state index is 13.7. The van der Waals surface area contributed by atoms with Crippen molar-refractivity contribution in [2.75, 3.05) is 5.32 Å². The van der Waals surface area contributed by atoms with E-state index in [9.17, 15) is 4.39 Å². The molecule has 0 fully saturated rings. The number of nitrogens with zero attached hydrogens (tertiary/aromatic N) is 1. The first-order chi connectivity index (χ1) is 9.10. The van der Waals surface area contributed by atoms with E-state index < -0.39 is 0 Å². The van der Waals surface area contributed by atoms with E-state index in [1.165, 1.54) is 6.07 Å². The highest BCUT2D eigenvalue weighted by Crippen LogP contribution is 2.22.